The van der Waals surface area contributed by atoms with E-state index in [0.29, 0.717) is 5.56 Å². The van der Waals surface area contributed by atoms with E-state index in [9.17, 15) is 9.59 Å². The summed E-state index contributed by atoms with van der Waals surface area (Å²) in [6.45, 7) is 4.24. The Morgan fingerprint density at radius 2 is 1.35 bits per heavy atom. The second-order valence-corrected chi connectivity index (χ2v) is 5.83. The summed E-state index contributed by atoms with van der Waals surface area (Å²) in [4.78, 5) is 23.1. The molecule has 0 saturated carbocycles. The van der Waals surface area contributed by atoms with E-state index in [2.05, 4.69) is 38.1 Å². The van der Waals surface area contributed by atoms with Crippen LogP contribution in [-0.4, -0.2) is 11.6 Å². The van der Waals surface area contributed by atoms with Crippen LogP contribution < -0.4 is 0 Å². The van der Waals surface area contributed by atoms with E-state index in [1.165, 1.54) is 11.1 Å². The molecule has 0 N–H and O–H groups in total. The van der Waals surface area contributed by atoms with Crippen LogP contribution in [-0.2, 0) is 11.2 Å². The van der Waals surface area contributed by atoms with Gasteiger partial charge in [0.2, 0.25) is 11.6 Å². The zero-order valence-corrected chi connectivity index (χ0v) is 13.3. The summed E-state index contributed by atoms with van der Waals surface area (Å²) in [6, 6.07) is 19.7. The largest absolute Gasteiger partial charge is 0.290 e. The molecule has 3 aromatic carbocycles. The molecule has 0 radical (unpaired) electrons. The number of benzene rings is 3. The summed E-state index contributed by atoms with van der Waals surface area (Å²) in [5.41, 5.74) is 4.26. The van der Waals surface area contributed by atoms with Crippen molar-refractivity contribution < 1.29 is 9.59 Å². The Balaban J connectivity index is 0.000000166. The van der Waals surface area contributed by atoms with Gasteiger partial charge < -0.3 is 0 Å². The van der Waals surface area contributed by atoms with Crippen molar-refractivity contribution in [1.29, 1.82) is 0 Å². The van der Waals surface area contributed by atoms with Gasteiger partial charge in [-0.3, -0.25) is 9.59 Å². The molecule has 0 atom stereocenters. The predicted octanol–water partition coefficient (Wildman–Crippen LogP) is 4.45. The lowest BCUT2D eigenvalue weighted by atomic mass is 9.87. The number of carbonyl (C=O) groups is 2. The molecule has 114 valence electrons. The summed E-state index contributed by atoms with van der Waals surface area (Å²) >= 11 is 0. The van der Waals surface area contributed by atoms with Crippen molar-refractivity contribution >= 4 is 22.3 Å². The molecule has 4 rings (SSSR count). The monoisotopic (exact) mass is 302 g/mol. The van der Waals surface area contributed by atoms with Crippen molar-refractivity contribution in [3.63, 3.8) is 0 Å². The van der Waals surface area contributed by atoms with Crippen molar-refractivity contribution in [2.24, 2.45) is 0 Å². The fourth-order valence-corrected chi connectivity index (χ4v) is 2.82. The van der Waals surface area contributed by atoms with E-state index in [1.54, 1.807) is 6.07 Å². The Morgan fingerprint density at radius 1 is 0.739 bits per heavy atom. The molecule has 1 aliphatic carbocycles. The number of aryl methyl sites for hydroxylation is 2. The van der Waals surface area contributed by atoms with Gasteiger partial charge in [-0.25, -0.2) is 0 Å². The number of rotatable bonds is 0. The third-order valence-corrected chi connectivity index (χ3v) is 4.27. The highest BCUT2D eigenvalue weighted by molar-refractivity contribution is 6.48. The second-order valence-electron chi connectivity index (χ2n) is 5.83. The van der Waals surface area contributed by atoms with Crippen molar-refractivity contribution in [1.82, 2.24) is 0 Å². The van der Waals surface area contributed by atoms with E-state index in [0.717, 1.165) is 16.3 Å². The first-order chi connectivity index (χ1) is 11.1. The second kappa shape index (κ2) is 6.17. The molecule has 1 aliphatic rings. The maximum absolute atomic E-state index is 11.7. The molecule has 0 spiro atoms. The fraction of sp³-hybridized carbons (Fsp3) is 0.143. The first kappa shape index (κ1) is 15.2. The van der Waals surface area contributed by atoms with Crippen molar-refractivity contribution in [3.8, 4) is 0 Å². The van der Waals surface area contributed by atoms with Gasteiger partial charge in [-0.15, -0.1) is 0 Å². The maximum atomic E-state index is 11.7. The molecule has 0 heterocycles. The van der Waals surface area contributed by atoms with Gasteiger partial charge >= 0.3 is 0 Å². The third-order valence-electron chi connectivity index (χ3n) is 4.27. The zero-order valence-electron chi connectivity index (χ0n) is 13.3. The minimum atomic E-state index is -0.348. The van der Waals surface area contributed by atoms with Gasteiger partial charge in [0.05, 0.1) is 0 Å². The van der Waals surface area contributed by atoms with Gasteiger partial charge in [0.25, 0.3) is 0 Å². The van der Waals surface area contributed by atoms with E-state index in [1.807, 2.05) is 30.3 Å². The smallest absolute Gasteiger partial charge is 0.229 e. The van der Waals surface area contributed by atoms with E-state index >= 15 is 0 Å². The van der Waals surface area contributed by atoms with Crippen LogP contribution >= 0.6 is 0 Å². The Labute approximate surface area is 135 Å². The highest BCUT2D eigenvalue weighted by Gasteiger charge is 2.25. The molecule has 2 nitrogen and oxygen atoms in total. The molecule has 23 heavy (non-hydrogen) atoms. The van der Waals surface area contributed by atoms with Crippen molar-refractivity contribution in [2.45, 2.75) is 20.3 Å². The fourth-order valence-electron chi connectivity index (χ4n) is 2.82. The molecule has 0 aromatic heterocycles. The summed E-state index contributed by atoms with van der Waals surface area (Å²) < 4.78 is 0. The topological polar surface area (TPSA) is 34.1 Å². The van der Waals surface area contributed by atoms with Gasteiger partial charge in [-0.1, -0.05) is 60.7 Å². The van der Waals surface area contributed by atoms with Gasteiger partial charge in [-0.05, 0) is 41.3 Å². The Kier molecular flexibility index (Phi) is 4.07. The van der Waals surface area contributed by atoms with Gasteiger partial charge in [-0.2, -0.15) is 0 Å². The van der Waals surface area contributed by atoms with Crippen LogP contribution in [0.5, 0.6) is 0 Å². The minimum absolute atomic E-state index is 0.243. The van der Waals surface area contributed by atoms with Crippen molar-refractivity contribution in [3.05, 3.63) is 82.9 Å². The molecule has 0 bridgehead atoms. The van der Waals surface area contributed by atoms with Crippen LogP contribution in [0.25, 0.3) is 10.8 Å². The molecule has 0 aliphatic heterocycles. The Hall–Kier alpha value is -2.74. The van der Waals surface area contributed by atoms with E-state index in [4.69, 9.17) is 0 Å². The maximum Gasteiger partial charge on any atom is 0.229 e. The standard InChI is InChI=1S/C13H8O2.C8H10/c14-11-7-9-5-1-3-8-4-2-6-10(12(8)9)13(11)15;1-7-5-3-4-6-8(7)2/h1-6H,7H2;3-6H,1-2H3. The first-order valence-corrected chi connectivity index (χ1v) is 7.68. The number of carbonyl (C=O) groups excluding carboxylic acids is 2. The molecular formula is C21H18O2. The lowest BCUT2D eigenvalue weighted by Gasteiger charge is -2.14. The first-order valence-electron chi connectivity index (χ1n) is 7.68. The summed E-state index contributed by atoms with van der Waals surface area (Å²) in [7, 11) is 0. The van der Waals surface area contributed by atoms with Crippen LogP contribution in [0.1, 0.15) is 27.0 Å². The minimum Gasteiger partial charge on any atom is -0.290 e. The Bertz CT molecular complexity index is 880. The molecule has 0 fully saturated rings. The summed E-state index contributed by atoms with van der Waals surface area (Å²) in [6.07, 6.45) is 0.243. The molecule has 2 heteroatoms. The molecular weight excluding hydrogens is 284 g/mol. The van der Waals surface area contributed by atoms with E-state index < -0.39 is 0 Å². The third kappa shape index (κ3) is 2.93. The zero-order chi connectivity index (χ0) is 16.4. The lowest BCUT2D eigenvalue weighted by Crippen LogP contribution is -2.21. The average molecular weight is 302 g/mol. The Morgan fingerprint density at radius 3 is 1.96 bits per heavy atom. The quantitative estimate of drug-likeness (QED) is 0.575. The number of ketones is 2. The van der Waals surface area contributed by atoms with Crippen molar-refractivity contribution in [2.75, 3.05) is 0 Å². The summed E-state index contributed by atoms with van der Waals surface area (Å²) in [5.74, 6) is -0.652. The molecule has 0 saturated heterocycles. The van der Waals surface area contributed by atoms with Crippen LogP contribution in [0, 0.1) is 13.8 Å². The van der Waals surface area contributed by atoms with Gasteiger partial charge in [0, 0.05) is 12.0 Å². The predicted molar refractivity (Wildman–Crippen MR) is 92.9 cm³/mol. The number of Topliss-reactive ketones (excluding diaryl/α,β-unsaturated/α-hetero) is 2. The number of hydrogen-bond acceptors (Lipinski definition) is 2. The average Bonchev–Trinajstić information content (AvgIpc) is 2.56. The normalized spacial score (nSPS) is 12.8. The van der Waals surface area contributed by atoms with Crippen LogP contribution in [0.3, 0.4) is 0 Å². The SMILES string of the molecule is Cc1ccccc1C.O=C1Cc2cccc3cccc(c23)C1=O. The van der Waals surface area contributed by atoms with Crippen LogP contribution in [0.2, 0.25) is 0 Å². The molecule has 3 aromatic rings. The summed E-state index contributed by atoms with van der Waals surface area (Å²) in [5, 5.41) is 1.98. The van der Waals surface area contributed by atoms with E-state index in [-0.39, 0.29) is 18.0 Å². The van der Waals surface area contributed by atoms with Gasteiger partial charge in [0.15, 0.2) is 0 Å². The highest BCUT2D eigenvalue weighted by Crippen LogP contribution is 2.27. The van der Waals surface area contributed by atoms with Gasteiger partial charge in [0.1, 0.15) is 0 Å². The highest BCUT2D eigenvalue weighted by atomic mass is 16.2. The molecule has 0 unspecified atom stereocenters. The lowest BCUT2D eigenvalue weighted by molar-refractivity contribution is -0.114. The van der Waals surface area contributed by atoms with Crippen LogP contribution in [0.15, 0.2) is 60.7 Å². The number of hydrogen-bond donors (Lipinski definition) is 0. The molecule has 0 amide bonds. The van der Waals surface area contributed by atoms with Crippen LogP contribution in [0.4, 0.5) is 0 Å².